The second-order valence-electron chi connectivity index (χ2n) is 8.46. The number of aromatic nitrogens is 3. The Balaban J connectivity index is 1.53. The predicted molar refractivity (Wildman–Crippen MR) is 125 cm³/mol. The van der Waals surface area contributed by atoms with Gasteiger partial charge in [0.25, 0.3) is 5.91 Å². The summed E-state index contributed by atoms with van der Waals surface area (Å²) in [5.74, 6) is 0.349. The van der Waals surface area contributed by atoms with Gasteiger partial charge in [-0.25, -0.2) is 4.98 Å². The van der Waals surface area contributed by atoms with E-state index in [9.17, 15) is 9.90 Å². The average molecular weight is 445 g/mol. The van der Waals surface area contributed by atoms with E-state index >= 15 is 0 Å². The van der Waals surface area contributed by atoms with Crippen LogP contribution in [0.25, 0.3) is 16.9 Å². The lowest BCUT2D eigenvalue weighted by atomic mass is 10.0. The fourth-order valence-corrected chi connectivity index (χ4v) is 4.31. The van der Waals surface area contributed by atoms with Crippen molar-refractivity contribution in [3.05, 3.63) is 59.4 Å². The topological polar surface area (TPSA) is 98.3 Å². The third kappa shape index (κ3) is 4.45. The van der Waals surface area contributed by atoms with Crippen LogP contribution < -0.4 is 0 Å². The maximum atomic E-state index is 13.0. The highest BCUT2D eigenvalue weighted by Gasteiger charge is 2.26. The Morgan fingerprint density at radius 3 is 2.76 bits per heavy atom. The number of aryl methyl sites for hydroxylation is 1. The normalized spacial score (nSPS) is 16.1. The molecule has 0 spiro atoms. The summed E-state index contributed by atoms with van der Waals surface area (Å²) < 4.78 is 1.34. The zero-order chi connectivity index (χ0) is 23.5. The van der Waals surface area contributed by atoms with E-state index in [1.54, 1.807) is 42.7 Å². The van der Waals surface area contributed by atoms with Crippen molar-refractivity contribution in [2.24, 2.45) is 0 Å². The molecular weight excluding hydrogens is 416 g/mol. The standard InChI is InChI=1S/C25H28N6O2/c1-4-29(3)20-6-5-11-30(16-20)24(32)19-8-10-23(27-14-19)31-25(33)22(15-28-31)21-9-7-18(13-26)12-17(21)2/h7-10,12,14-15,20,33H,4-6,11,16H2,1-3H3/t20-/m0/s1. The van der Waals surface area contributed by atoms with Crippen molar-refractivity contribution in [1.29, 1.82) is 5.26 Å². The molecule has 0 aliphatic carbocycles. The van der Waals surface area contributed by atoms with E-state index in [0.717, 1.165) is 43.6 Å². The smallest absolute Gasteiger partial charge is 0.255 e. The number of hydrogen-bond acceptors (Lipinski definition) is 6. The van der Waals surface area contributed by atoms with E-state index in [-0.39, 0.29) is 11.8 Å². The van der Waals surface area contributed by atoms with Gasteiger partial charge >= 0.3 is 0 Å². The summed E-state index contributed by atoms with van der Waals surface area (Å²) in [6.07, 6.45) is 5.21. The van der Waals surface area contributed by atoms with Crippen molar-refractivity contribution in [3.63, 3.8) is 0 Å². The van der Waals surface area contributed by atoms with Gasteiger partial charge in [-0.1, -0.05) is 13.0 Å². The van der Waals surface area contributed by atoms with Gasteiger partial charge in [0, 0.05) is 25.3 Å². The summed E-state index contributed by atoms with van der Waals surface area (Å²) in [7, 11) is 2.10. The Morgan fingerprint density at radius 1 is 1.27 bits per heavy atom. The number of carbonyl (C=O) groups excluding carboxylic acids is 1. The van der Waals surface area contributed by atoms with E-state index < -0.39 is 0 Å². The number of pyridine rings is 1. The first-order chi connectivity index (χ1) is 15.9. The summed E-state index contributed by atoms with van der Waals surface area (Å²) in [4.78, 5) is 21.6. The summed E-state index contributed by atoms with van der Waals surface area (Å²) in [6, 6.07) is 11.2. The van der Waals surface area contributed by atoms with Crippen molar-refractivity contribution in [2.75, 3.05) is 26.7 Å². The number of aromatic hydroxyl groups is 1. The number of hydrogen-bond donors (Lipinski definition) is 1. The van der Waals surface area contributed by atoms with Gasteiger partial charge in [-0.2, -0.15) is 15.0 Å². The van der Waals surface area contributed by atoms with Crippen LogP contribution in [-0.4, -0.2) is 68.3 Å². The summed E-state index contributed by atoms with van der Waals surface area (Å²) in [5.41, 5.74) is 3.30. The molecule has 1 atom stereocenters. The Labute approximate surface area is 193 Å². The van der Waals surface area contributed by atoms with Crippen LogP contribution in [0.1, 0.15) is 41.3 Å². The van der Waals surface area contributed by atoms with E-state index in [1.807, 2.05) is 11.8 Å². The number of nitriles is 1. The van der Waals surface area contributed by atoms with Crippen LogP contribution in [-0.2, 0) is 0 Å². The molecule has 1 saturated heterocycles. The molecule has 1 aromatic carbocycles. The molecule has 8 heteroatoms. The third-order valence-corrected chi connectivity index (χ3v) is 6.41. The number of rotatable bonds is 5. The molecule has 1 fully saturated rings. The van der Waals surface area contributed by atoms with Crippen LogP contribution in [0.5, 0.6) is 5.88 Å². The Morgan fingerprint density at radius 2 is 2.09 bits per heavy atom. The fourth-order valence-electron chi connectivity index (χ4n) is 4.31. The highest BCUT2D eigenvalue weighted by Crippen LogP contribution is 2.33. The average Bonchev–Trinajstić information content (AvgIpc) is 3.23. The van der Waals surface area contributed by atoms with Crippen LogP contribution >= 0.6 is 0 Å². The Hall–Kier alpha value is -3.70. The lowest BCUT2D eigenvalue weighted by Crippen LogP contribution is -2.48. The molecule has 170 valence electrons. The van der Waals surface area contributed by atoms with Gasteiger partial charge in [0.1, 0.15) is 0 Å². The van der Waals surface area contributed by atoms with Gasteiger partial charge < -0.3 is 14.9 Å². The fraction of sp³-hybridized carbons (Fsp3) is 0.360. The van der Waals surface area contributed by atoms with Crippen molar-refractivity contribution in [1.82, 2.24) is 24.6 Å². The van der Waals surface area contributed by atoms with Crippen molar-refractivity contribution >= 4 is 5.91 Å². The molecule has 4 rings (SSSR count). The van der Waals surface area contributed by atoms with Gasteiger partial charge in [0.15, 0.2) is 5.82 Å². The van der Waals surface area contributed by atoms with Crippen LogP contribution in [0.2, 0.25) is 0 Å². The molecule has 3 heterocycles. The number of piperidine rings is 1. The van der Waals surface area contributed by atoms with E-state index in [2.05, 4.69) is 35.0 Å². The Kier molecular flexibility index (Phi) is 6.43. The first-order valence-corrected chi connectivity index (χ1v) is 11.2. The molecule has 0 saturated carbocycles. The number of amides is 1. The largest absolute Gasteiger partial charge is 0.493 e. The van der Waals surface area contributed by atoms with Crippen LogP contribution in [0.15, 0.2) is 42.7 Å². The van der Waals surface area contributed by atoms with Gasteiger partial charge in [0.2, 0.25) is 5.88 Å². The number of likely N-dealkylation sites (N-methyl/N-ethyl adjacent to an activating group) is 1. The molecule has 1 N–H and O–H groups in total. The summed E-state index contributed by atoms with van der Waals surface area (Å²) in [6.45, 7) is 6.44. The monoisotopic (exact) mass is 444 g/mol. The minimum Gasteiger partial charge on any atom is -0.493 e. The van der Waals surface area contributed by atoms with Crippen LogP contribution in [0.4, 0.5) is 0 Å². The second kappa shape index (κ2) is 9.43. The van der Waals surface area contributed by atoms with Crippen LogP contribution in [0.3, 0.4) is 0 Å². The molecule has 33 heavy (non-hydrogen) atoms. The minimum atomic E-state index is -0.0455. The maximum Gasteiger partial charge on any atom is 0.255 e. The lowest BCUT2D eigenvalue weighted by molar-refractivity contribution is 0.0615. The minimum absolute atomic E-state index is 0.0261. The SMILES string of the molecule is CCN(C)[C@H]1CCCN(C(=O)c2ccc(-n3ncc(-c4ccc(C#N)cc4C)c3O)nc2)C1. The molecule has 0 radical (unpaired) electrons. The van der Waals surface area contributed by atoms with E-state index in [0.29, 0.717) is 28.6 Å². The zero-order valence-corrected chi connectivity index (χ0v) is 19.2. The van der Waals surface area contributed by atoms with Crippen molar-refractivity contribution in [3.8, 4) is 28.9 Å². The highest BCUT2D eigenvalue weighted by molar-refractivity contribution is 5.94. The predicted octanol–water partition coefficient (Wildman–Crippen LogP) is 3.38. The molecule has 3 aromatic rings. The molecule has 2 aromatic heterocycles. The van der Waals surface area contributed by atoms with Gasteiger partial charge in [-0.15, -0.1) is 0 Å². The zero-order valence-electron chi connectivity index (χ0n) is 19.2. The number of nitrogens with zero attached hydrogens (tertiary/aromatic N) is 6. The maximum absolute atomic E-state index is 13.0. The summed E-state index contributed by atoms with van der Waals surface area (Å²) >= 11 is 0. The van der Waals surface area contributed by atoms with Gasteiger partial charge in [-0.05, 0) is 68.8 Å². The van der Waals surface area contributed by atoms with Crippen molar-refractivity contribution < 1.29 is 9.90 Å². The number of likely N-dealkylation sites (tertiary alicyclic amines) is 1. The molecule has 1 aliphatic heterocycles. The molecule has 0 bridgehead atoms. The first kappa shape index (κ1) is 22.5. The van der Waals surface area contributed by atoms with E-state index in [1.165, 1.54) is 4.68 Å². The molecule has 0 unspecified atom stereocenters. The second-order valence-corrected chi connectivity index (χ2v) is 8.46. The Bertz CT molecular complexity index is 1190. The molecular formula is C25H28N6O2. The molecule has 1 aliphatic rings. The summed E-state index contributed by atoms with van der Waals surface area (Å²) in [5, 5.41) is 24.1. The number of carbonyl (C=O) groups is 1. The quantitative estimate of drug-likeness (QED) is 0.648. The lowest BCUT2D eigenvalue weighted by Gasteiger charge is -2.37. The number of benzene rings is 1. The van der Waals surface area contributed by atoms with Gasteiger partial charge in [-0.3, -0.25) is 4.79 Å². The van der Waals surface area contributed by atoms with Crippen molar-refractivity contribution in [2.45, 2.75) is 32.7 Å². The third-order valence-electron chi connectivity index (χ3n) is 6.41. The van der Waals surface area contributed by atoms with E-state index in [4.69, 9.17) is 5.26 Å². The first-order valence-electron chi connectivity index (χ1n) is 11.2. The highest BCUT2D eigenvalue weighted by atomic mass is 16.3. The molecule has 8 nitrogen and oxygen atoms in total. The van der Waals surface area contributed by atoms with Crippen LogP contribution in [0, 0.1) is 18.3 Å². The van der Waals surface area contributed by atoms with Gasteiger partial charge in [0.05, 0.1) is 29.0 Å². The molecule has 1 amide bonds.